The van der Waals surface area contributed by atoms with Gasteiger partial charge < -0.3 is 15.0 Å². The highest BCUT2D eigenvalue weighted by Crippen LogP contribution is 2.16. The number of carbonyl (C=O) groups excluding carboxylic acids is 1. The zero-order chi connectivity index (χ0) is 19.2. The van der Waals surface area contributed by atoms with Gasteiger partial charge in [-0.1, -0.05) is 63.3 Å². The van der Waals surface area contributed by atoms with E-state index in [1.165, 1.54) is 11.1 Å². The zero-order valence-corrected chi connectivity index (χ0v) is 15.4. The minimum atomic E-state index is -0.468. The molecule has 0 radical (unpaired) electrons. The van der Waals surface area contributed by atoms with E-state index in [-0.39, 0.29) is 30.7 Å². The highest BCUT2D eigenvalue weighted by atomic mass is 16.3. The Morgan fingerprint density at radius 3 is 2.54 bits per heavy atom. The van der Waals surface area contributed by atoms with E-state index in [0.29, 0.717) is 5.82 Å². The molecule has 1 heterocycles. The highest BCUT2D eigenvalue weighted by molar-refractivity contribution is 5.93. The standard InChI is InChI=1S/C20H25N3O3/c1-20(2,3)19-21-14-16(17(25)22-19)18(26)23(12-13-24)11-7-10-15-8-5-4-6-9-15/h4-10,14,24H,11-13H2,1-3H3,(H,21,22,25)/b10-7+. The first kappa shape index (κ1) is 19.6. The third kappa shape index (κ3) is 5.13. The molecule has 1 aromatic carbocycles. The van der Waals surface area contributed by atoms with Crippen molar-refractivity contribution in [2.45, 2.75) is 26.2 Å². The van der Waals surface area contributed by atoms with E-state index < -0.39 is 11.5 Å². The number of aromatic nitrogens is 2. The van der Waals surface area contributed by atoms with Crippen molar-refractivity contribution in [3.05, 3.63) is 69.9 Å². The van der Waals surface area contributed by atoms with Gasteiger partial charge in [-0.15, -0.1) is 0 Å². The van der Waals surface area contributed by atoms with E-state index in [2.05, 4.69) is 9.97 Å². The normalized spacial score (nSPS) is 11.7. The number of nitrogens with one attached hydrogen (secondary N) is 1. The lowest BCUT2D eigenvalue weighted by Gasteiger charge is -2.21. The van der Waals surface area contributed by atoms with Crippen LogP contribution in [0.25, 0.3) is 6.08 Å². The lowest BCUT2D eigenvalue weighted by molar-refractivity contribution is 0.0740. The van der Waals surface area contributed by atoms with E-state index in [9.17, 15) is 14.7 Å². The number of aliphatic hydroxyl groups is 1. The number of nitrogens with zero attached hydrogens (tertiary/aromatic N) is 2. The Hall–Kier alpha value is -2.73. The first-order valence-corrected chi connectivity index (χ1v) is 8.54. The number of benzene rings is 1. The summed E-state index contributed by atoms with van der Waals surface area (Å²) in [5.74, 6) is 0.0719. The molecule has 0 saturated heterocycles. The second-order valence-electron chi connectivity index (χ2n) is 7.01. The average Bonchev–Trinajstić information content (AvgIpc) is 2.60. The maximum absolute atomic E-state index is 12.7. The van der Waals surface area contributed by atoms with Crippen molar-refractivity contribution < 1.29 is 9.90 Å². The molecule has 0 saturated carbocycles. The number of aromatic amines is 1. The zero-order valence-electron chi connectivity index (χ0n) is 15.4. The van der Waals surface area contributed by atoms with Crippen LogP contribution in [0.5, 0.6) is 0 Å². The van der Waals surface area contributed by atoms with Crippen LogP contribution in [0, 0.1) is 0 Å². The van der Waals surface area contributed by atoms with Gasteiger partial charge in [-0.2, -0.15) is 0 Å². The molecule has 2 rings (SSSR count). The molecule has 0 fully saturated rings. The second kappa shape index (κ2) is 8.58. The summed E-state index contributed by atoms with van der Waals surface area (Å²) >= 11 is 0. The Labute approximate surface area is 153 Å². The quantitative estimate of drug-likeness (QED) is 0.832. The van der Waals surface area contributed by atoms with Crippen LogP contribution in [0.2, 0.25) is 0 Å². The molecule has 0 spiro atoms. The van der Waals surface area contributed by atoms with Crippen molar-refractivity contribution in [3.63, 3.8) is 0 Å². The fraction of sp³-hybridized carbons (Fsp3) is 0.350. The van der Waals surface area contributed by atoms with E-state index in [1.54, 1.807) is 0 Å². The van der Waals surface area contributed by atoms with Crippen molar-refractivity contribution in [1.29, 1.82) is 0 Å². The molecule has 2 N–H and O–H groups in total. The van der Waals surface area contributed by atoms with Crippen LogP contribution in [0.15, 0.2) is 47.4 Å². The van der Waals surface area contributed by atoms with Gasteiger partial charge in [0.1, 0.15) is 11.4 Å². The molecule has 2 aromatic rings. The summed E-state index contributed by atoms with van der Waals surface area (Å²) in [5.41, 5.74) is 0.201. The Kier molecular flexibility index (Phi) is 6.46. The Morgan fingerprint density at radius 2 is 1.96 bits per heavy atom. The molecule has 0 unspecified atom stereocenters. The number of hydrogen-bond acceptors (Lipinski definition) is 4. The molecule has 26 heavy (non-hydrogen) atoms. The number of amides is 1. The van der Waals surface area contributed by atoms with Crippen LogP contribution < -0.4 is 5.56 Å². The summed E-state index contributed by atoms with van der Waals surface area (Å²) in [6.45, 7) is 6.03. The summed E-state index contributed by atoms with van der Waals surface area (Å²) in [6.07, 6.45) is 5.03. The number of carbonyl (C=O) groups is 1. The minimum Gasteiger partial charge on any atom is -0.395 e. The molecule has 138 valence electrons. The number of rotatable bonds is 6. The second-order valence-corrected chi connectivity index (χ2v) is 7.01. The summed E-state index contributed by atoms with van der Waals surface area (Å²) in [7, 11) is 0. The smallest absolute Gasteiger partial charge is 0.263 e. The van der Waals surface area contributed by atoms with Crippen molar-refractivity contribution in [2.24, 2.45) is 0 Å². The highest BCUT2D eigenvalue weighted by Gasteiger charge is 2.22. The molecule has 0 aliphatic rings. The van der Waals surface area contributed by atoms with Gasteiger partial charge in [-0.25, -0.2) is 4.98 Å². The summed E-state index contributed by atoms with van der Waals surface area (Å²) in [5, 5.41) is 9.25. The van der Waals surface area contributed by atoms with E-state index in [1.807, 2.05) is 63.3 Å². The van der Waals surface area contributed by atoms with Crippen molar-refractivity contribution in [3.8, 4) is 0 Å². The van der Waals surface area contributed by atoms with Crippen molar-refractivity contribution in [1.82, 2.24) is 14.9 Å². The van der Waals surface area contributed by atoms with Gasteiger partial charge in [0.15, 0.2) is 0 Å². The molecule has 0 aliphatic heterocycles. The van der Waals surface area contributed by atoms with Gasteiger partial charge in [0.25, 0.3) is 11.5 Å². The van der Waals surface area contributed by atoms with Gasteiger partial charge in [0.2, 0.25) is 0 Å². The van der Waals surface area contributed by atoms with Crippen LogP contribution in [-0.4, -0.2) is 45.6 Å². The van der Waals surface area contributed by atoms with Crippen molar-refractivity contribution >= 4 is 12.0 Å². The van der Waals surface area contributed by atoms with Gasteiger partial charge in [-0.3, -0.25) is 9.59 Å². The molecule has 0 aliphatic carbocycles. The van der Waals surface area contributed by atoms with Crippen LogP contribution >= 0.6 is 0 Å². The molecule has 1 aromatic heterocycles. The molecule has 0 atom stereocenters. The topological polar surface area (TPSA) is 86.3 Å². The Bertz CT molecular complexity index is 820. The van der Waals surface area contributed by atoms with E-state index >= 15 is 0 Å². The lowest BCUT2D eigenvalue weighted by atomic mass is 9.96. The fourth-order valence-electron chi connectivity index (χ4n) is 2.38. The Balaban J connectivity index is 2.17. The van der Waals surface area contributed by atoms with Crippen LogP contribution in [0.3, 0.4) is 0 Å². The van der Waals surface area contributed by atoms with Gasteiger partial charge in [-0.05, 0) is 5.56 Å². The summed E-state index contributed by atoms with van der Waals surface area (Å²) in [4.78, 5) is 33.3. The third-order valence-corrected chi connectivity index (χ3v) is 3.83. The SMILES string of the molecule is CC(C)(C)c1ncc(C(=O)N(C/C=C/c2ccccc2)CCO)c(=O)[nH]1. The number of H-pyrrole nitrogens is 1. The summed E-state index contributed by atoms with van der Waals surface area (Å²) < 4.78 is 0. The predicted octanol–water partition coefficient (Wildman–Crippen LogP) is 2.22. The summed E-state index contributed by atoms with van der Waals surface area (Å²) in [6, 6.07) is 9.69. The number of aliphatic hydroxyl groups excluding tert-OH is 1. The maximum atomic E-state index is 12.7. The molecular formula is C20H25N3O3. The fourth-order valence-corrected chi connectivity index (χ4v) is 2.38. The molecule has 1 amide bonds. The van der Waals surface area contributed by atoms with Crippen LogP contribution in [-0.2, 0) is 5.41 Å². The van der Waals surface area contributed by atoms with Gasteiger partial charge in [0.05, 0.1) is 6.61 Å². The lowest BCUT2D eigenvalue weighted by Crippen LogP contribution is -2.37. The first-order chi connectivity index (χ1) is 12.3. The molecule has 6 nitrogen and oxygen atoms in total. The predicted molar refractivity (Wildman–Crippen MR) is 102 cm³/mol. The maximum Gasteiger partial charge on any atom is 0.263 e. The van der Waals surface area contributed by atoms with Gasteiger partial charge in [0, 0.05) is 24.7 Å². The Morgan fingerprint density at radius 1 is 1.27 bits per heavy atom. The monoisotopic (exact) mass is 355 g/mol. The van der Waals surface area contributed by atoms with E-state index in [4.69, 9.17) is 0 Å². The molecule has 0 bridgehead atoms. The van der Waals surface area contributed by atoms with Gasteiger partial charge >= 0.3 is 0 Å². The van der Waals surface area contributed by atoms with Crippen LogP contribution in [0.4, 0.5) is 0 Å². The molecule has 6 heteroatoms. The largest absolute Gasteiger partial charge is 0.395 e. The minimum absolute atomic E-state index is 0.0282. The molecular weight excluding hydrogens is 330 g/mol. The third-order valence-electron chi connectivity index (χ3n) is 3.83. The van der Waals surface area contributed by atoms with E-state index in [0.717, 1.165) is 5.56 Å². The van der Waals surface area contributed by atoms with Crippen LogP contribution in [0.1, 0.15) is 42.5 Å². The number of hydrogen-bond donors (Lipinski definition) is 2. The average molecular weight is 355 g/mol. The van der Waals surface area contributed by atoms with Crippen molar-refractivity contribution in [2.75, 3.05) is 19.7 Å². The first-order valence-electron chi connectivity index (χ1n) is 8.54.